The minimum Gasteiger partial charge on any atom is -0.458 e. The molecule has 5 N–H and O–H groups in total. The number of nitrogen functional groups attached to an aromatic ring is 1. The topological polar surface area (TPSA) is 135 Å². The lowest BCUT2D eigenvalue weighted by Crippen LogP contribution is -2.42. The van der Waals surface area contributed by atoms with Crippen molar-refractivity contribution in [1.82, 2.24) is 9.97 Å². The number of fused-ring (bicyclic) bond motifs is 1. The average Bonchev–Trinajstić information content (AvgIpc) is 2.92. The van der Waals surface area contributed by atoms with Crippen molar-refractivity contribution in [2.75, 3.05) is 12.3 Å². The second-order valence-electron chi connectivity index (χ2n) is 5.04. The summed E-state index contributed by atoms with van der Waals surface area (Å²) in [5.74, 6) is 0.179. The fourth-order valence-electron chi connectivity index (χ4n) is 2.52. The zero-order valence-electron chi connectivity index (χ0n) is 10.7. The number of ether oxygens (including phenoxy) is 1. The maximum absolute atomic E-state index is 10.4. The second kappa shape index (κ2) is 4.38. The predicted octanol–water partition coefficient (Wildman–Crippen LogP) is -0.651. The van der Waals surface area contributed by atoms with E-state index in [1.54, 1.807) is 0 Å². The van der Waals surface area contributed by atoms with E-state index in [4.69, 9.17) is 14.9 Å². The van der Waals surface area contributed by atoms with E-state index in [-0.39, 0.29) is 5.82 Å². The molecule has 1 fully saturated rings. The van der Waals surface area contributed by atoms with Gasteiger partial charge in [0.15, 0.2) is 11.4 Å². The number of aliphatic hydroxyl groups excluding tert-OH is 2. The highest BCUT2D eigenvalue weighted by atomic mass is 16.6. The van der Waals surface area contributed by atoms with Crippen LogP contribution in [-0.4, -0.2) is 49.7 Å². The van der Waals surface area contributed by atoms with Crippen LogP contribution < -0.4 is 5.73 Å². The monoisotopic (exact) mass is 281 g/mol. The molecule has 4 unspecified atom stereocenters. The van der Waals surface area contributed by atoms with Crippen molar-refractivity contribution in [3.05, 3.63) is 18.2 Å². The third kappa shape index (κ3) is 1.70. The van der Waals surface area contributed by atoms with Gasteiger partial charge in [0.2, 0.25) is 0 Å². The lowest BCUT2D eigenvalue weighted by atomic mass is 9.89. The second-order valence-corrected chi connectivity index (χ2v) is 5.04. The van der Waals surface area contributed by atoms with Crippen molar-refractivity contribution in [1.29, 1.82) is 0 Å². The predicted molar refractivity (Wildman–Crippen MR) is 67.5 cm³/mol. The van der Waals surface area contributed by atoms with Gasteiger partial charge < -0.3 is 30.2 Å². The van der Waals surface area contributed by atoms with Crippen LogP contribution in [0.5, 0.6) is 0 Å². The molecule has 3 rings (SSSR count). The summed E-state index contributed by atoms with van der Waals surface area (Å²) in [4.78, 5) is 7.88. The summed E-state index contributed by atoms with van der Waals surface area (Å²) in [6.07, 6.45) is -0.340. The number of aliphatic hydroxyl groups is 3. The Bertz CT molecular complexity index is 641. The molecule has 2 aromatic rings. The Morgan fingerprint density at radius 3 is 2.85 bits per heavy atom. The summed E-state index contributed by atoms with van der Waals surface area (Å²) < 4.78 is 10.8. The Balaban J connectivity index is 2.10. The fourth-order valence-corrected chi connectivity index (χ4v) is 2.52. The van der Waals surface area contributed by atoms with Gasteiger partial charge in [0.05, 0.1) is 12.9 Å². The molecule has 0 radical (unpaired) electrons. The highest BCUT2D eigenvalue weighted by Gasteiger charge is 2.53. The van der Waals surface area contributed by atoms with Crippen molar-refractivity contribution in [2.24, 2.45) is 0 Å². The molecule has 0 aromatic carbocycles. The van der Waals surface area contributed by atoms with Gasteiger partial charge in [0, 0.05) is 5.56 Å². The quantitative estimate of drug-likeness (QED) is 0.570. The summed E-state index contributed by atoms with van der Waals surface area (Å²) in [7, 11) is 0. The lowest BCUT2D eigenvalue weighted by molar-refractivity contribution is -0.0643. The van der Waals surface area contributed by atoms with Gasteiger partial charge in [-0.2, -0.15) is 0 Å². The van der Waals surface area contributed by atoms with E-state index in [1.807, 2.05) is 0 Å². The minimum absolute atomic E-state index is 0.179. The molecular weight excluding hydrogens is 266 g/mol. The van der Waals surface area contributed by atoms with Crippen molar-refractivity contribution in [3.8, 4) is 0 Å². The SMILES string of the molecule is CC1(O)C(c2coc3c(N)ncnc23)OC(CO)C1O. The first kappa shape index (κ1) is 13.3. The number of nitrogens with zero attached hydrogens (tertiary/aromatic N) is 2. The van der Waals surface area contributed by atoms with Crippen molar-refractivity contribution >= 4 is 16.9 Å². The molecule has 108 valence electrons. The van der Waals surface area contributed by atoms with Crippen molar-refractivity contribution in [3.63, 3.8) is 0 Å². The Morgan fingerprint density at radius 1 is 1.45 bits per heavy atom. The largest absolute Gasteiger partial charge is 0.458 e. The standard InChI is InChI=1S/C12H15N3O5/c1-12(18)9(17)6(2-16)20-10(12)5-3-19-8-7(5)14-4-15-11(8)13/h3-4,6,9-10,16-18H,2H2,1H3,(H2,13,14,15). The number of nitrogens with two attached hydrogens (primary N) is 1. The van der Waals surface area contributed by atoms with Crippen LogP contribution in [0.3, 0.4) is 0 Å². The van der Waals surface area contributed by atoms with Gasteiger partial charge in [0.25, 0.3) is 0 Å². The third-order valence-electron chi connectivity index (χ3n) is 3.66. The Kier molecular flexibility index (Phi) is 2.91. The van der Waals surface area contributed by atoms with E-state index >= 15 is 0 Å². The molecule has 4 atom stereocenters. The van der Waals surface area contributed by atoms with Crippen molar-refractivity contribution < 1.29 is 24.5 Å². The smallest absolute Gasteiger partial charge is 0.194 e. The maximum Gasteiger partial charge on any atom is 0.194 e. The number of rotatable bonds is 2. The van der Waals surface area contributed by atoms with E-state index in [9.17, 15) is 15.3 Å². The Hall–Kier alpha value is -1.74. The molecule has 3 heterocycles. The van der Waals surface area contributed by atoms with E-state index < -0.39 is 30.5 Å². The third-order valence-corrected chi connectivity index (χ3v) is 3.66. The first-order chi connectivity index (χ1) is 9.46. The van der Waals surface area contributed by atoms with Gasteiger partial charge >= 0.3 is 0 Å². The average molecular weight is 281 g/mol. The van der Waals surface area contributed by atoms with E-state index in [2.05, 4.69) is 9.97 Å². The molecule has 8 heteroatoms. The van der Waals surface area contributed by atoms with E-state index in [1.165, 1.54) is 19.5 Å². The van der Waals surface area contributed by atoms with Gasteiger partial charge in [0.1, 0.15) is 35.8 Å². The molecule has 1 aliphatic rings. The Labute approximate surface area is 113 Å². The summed E-state index contributed by atoms with van der Waals surface area (Å²) in [6.45, 7) is 1.03. The van der Waals surface area contributed by atoms with Gasteiger partial charge in [-0.25, -0.2) is 9.97 Å². The lowest BCUT2D eigenvalue weighted by Gasteiger charge is -2.25. The van der Waals surface area contributed by atoms with Crippen molar-refractivity contribution in [2.45, 2.75) is 30.8 Å². The van der Waals surface area contributed by atoms with Crippen LogP contribution in [0.25, 0.3) is 11.1 Å². The molecule has 1 saturated heterocycles. The van der Waals surface area contributed by atoms with E-state index in [0.717, 1.165) is 0 Å². The van der Waals surface area contributed by atoms with Gasteiger partial charge in [-0.05, 0) is 6.92 Å². The summed E-state index contributed by atoms with van der Waals surface area (Å²) >= 11 is 0. The molecule has 0 spiro atoms. The van der Waals surface area contributed by atoms with Crippen LogP contribution in [0.4, 0.5) is 5.82 Å². The number of hydrogen-bond acceptors (Lipinski definition) is 8. The van der Waals surface area contributed by atoms with Crippen LogP contribution in [0.15, 0.2) is 17.0 Å². The molecule has 0 amide bonds. The van der Waals surface area contributed by atoms with E-state index in [0.29, 0.717) is 16.7 Å². The minimum atomic E-state index is -1.58. The summed E-state index contributed by atoms with van der Waals surface area (Å²) in [6, 6.07) is 0. The maximum atomic E-state index is 10.4. The number of furan rings is 1. The number of anilines is 1. The number of aromatic nitrogens is 2. The number of hydrogen-bond donors (Lipinski definition) is 4. The van der Waals surface area contributed by atoms with Crippen LogP contribution in [0.1, 0.15) is 18.6 Å². The molecule has 1 aliphatic heterocycles. The molecule has 0 saturated carbocycles. The zero-order valence-corrected chi connectivity index (χ0v) is 10.7. The highest BCUT2D eigenvalue weighted by Crippen LogP contribution is 2.44. The summed E-state index contributed by atoms with van der Waals surface area (Å²) in [5.41, 5.74) is 5.26. The highest BCUT2D eigenvalue weighted by molar-refractivity contribution is 5.85. The zero-order chi connectivity index (χ0) is 14.5. The molecule has 8 nitrogen and oxygen atoms in total. The fraction of sp³-hybridized carbons (Fsp3) is 0.500. The molecule has 20 heavy (non-hydrogen) atoms. The first-order valence-corrected chi connectivity index (χ1v) is 6.11. The van der Waals surface area contributed by atoms with Gasteiger partial charge in [-0.3, -0.25) is 0 Å². The van der Waals surface area contributed by atoms with Crippen LogP contribution in [0.2, 0.25) is 0 Å². The van der Waals surface area contributed by atoms with Crippen LogP contribution in [-0.2, 0) is 4.74 Å². The summed E-state index contributed by atoms with van der Waals surface area (Å²) in [5, 5.41) is 29.6. The molecular formula is C12H15N3O5. The first-order valence-electron chi connectivity index (χ1n) is 6.11. The Morgan fingerprint density at radius 2 is 2.20 bits per heavy atom. The van der Waals surface area contributed by atoms with Gasteiger partial charge in [-0.1, -0.05) is 0 Å². The molecule has 0 aliphatic carbocycles. The normalized spacial score (nSPS) is 33.9. The van der Waals surface area contributed by atoms with Crippen LogP contribution in [0, 0.1) is 0 Å². The van der Waals surface area contributed by atoms with Gasteiger partial charge in [-0.15, -0.1) is 0 Å². The molecule has 2 aromatic heterocycles. The van der Waals surface area contributed by atoms with Crippen LogP contribution >= 0.6 is 0 Å². The molecule has 0 bridgehead atoms.